The number of carbonyl (C=O) groups is 1. The van der Waals surface area contributed by atoms with Crippen LogP contribution < -0.4 is 5.32 Å². The van der Waals surface area contributed by atoms with Crippen LogP contribution in [0, 0.1) is 13.8 Å². The van der Waals surface area contributed by atoms with Gasteiger partial charge in [-0.05, 0) is 36.6 Å². The molecule has 0 unspecified atom stereocenters. The summed E-state index contributed by atoms with van der Waals surface area (Å²) in [5.41, 5.74) is 6.72. The predicted molar refractivity (Wildman–Crippen MR) is 121 cm³/mol. The zero-order chi connectivity index (χ0) is 21.1. The summed E-state index contributed by atoms with van der Waals surface area (Å²) in [7, 11) is 0. The fraction of sp³-hybridized carbons (Fsp3) is 0.192. The Morgan fingerprint density at radius 2 is 1.57 bits per heavy atom. The molecule has 4 nitrogen and oxygen atoms in total. The molecule has 0 bridgehead atoms. The van der Waals surface area contributed by atoms with Gasteiger partial charge in [0, 0.05) is 36.1 Å². The van der Waals surface area contributed by atoms with Crippen molar-refractivity contribution in [2.75, 3.05) is 0 Å². The van der Waals surface area contributed by atoms with Crippen molar-refractivity contribution in [2.24, 2.45) is 0 Å². The summed E-state index contributed by atoms with van der Waals surface area (Å²) in [6, 6.07) is 24.6. The van der Waals surface area contributed by atoms with Crippen LogP contribution in [-0.4, -0.2) is 15.6 Å². The Balaban J connectivity index is 1.74. The molecule has 0 spiro atoms. The lowest BCUT2D eigenvalue weighted by Crippen LogP contribution is -2.17. The van der Waals surface area contributed by atoms with Gasteiger partial charge in [-0.25, -0.2) is 4.79 Å². The van der Waals surface area contributed by atoms with Crippen molar-refractivity contribution in [2.45, 2.75) is 33.5 Å². The van der Waals surface area contributed by atoms with Gasteiger partial charge in [0.2, 0.25) is 0 Å². The number of aromatic nitrogens is 1. The number of aromatic carboxylic acids is 1. The van der Waals surface area contributed by atoms with Crippen LogP contribution >= 0.6 is 0 Å². The fourth-order valence-corrected chi connectivity index (χ4v) is 3.92. The van der Waals surface area contributed by atoms with Crippen LogP contribution in [-0.2, 0) is 19.6 Å². The number of carboxylic acid groups (broad SMARTS) is 1. The summed E-state index contributed by atoms with van der Waals surface area (Å²) in [5.74, 6) is -0.896. The first-order valence-electron chi connectivity index (χ1n) is 10.2. The van der Waals surface area contributed by atoms with Crippen LogP contribution in [0.4, 0.5) is 0 Å². The Bertz CT molecular complexity index is 1180. The molecule has 0 aliphatic rings. The van der Waals surface area contributed by atoms with Gasteiger partial charge in [0.05, 0.1) is 0 Å². The number of carboxylic acids is 1. The first-order valence-corrected chi connectivity index (χ1v) is 10.2. The third-order valence-corrected chi connectivity index (χ3v) is 5.46. The van der Waals surface area contributed by atoms with Crippen molar-refractivity contribution in [3.63, 3.8) is 0 Å². The summed E-state index contributed by atoms with van der Waals surface area (Å²) in [5, 5.41) is 14.5. The van der Waals surface area contributed by atoms with Crippen LogP contribution in [0.1, 0.15) is 38.3 Å². The molecule has 0 radical (unpaired) electrons. The first-order chi connectivity index (χ1) is 14.5. The van der Waals surface area contributed by atoms with Crippen molar-refractivity contribution in [3.8, 4) is 0 Å². The number of nitrogens with zero attached hydrogens (tertiary/aromatic N) is 1. The zero-order valence-electron chi connectivity index (χ0n) is 17.4. The molecule has 0 fully saturated rings. The van der Waals surface area contributed by atoms with E-state index in [-0.39, 0.29) is 0 Å². The largest absolute Gasteiger partial charge is 0.477 e. The van der Waals surface area contributed by atoms with E-state index < -0.39 is 5.97 Å². The van der Waals surface area contributed by atoms with Crippen LogP contribution in [0.3, 0.4) is 0 Å². The second-order valence-corrected chi connectivity index (χ2v) is 7.81. The van der Waals surface area contributed by atoms with E-state index in [1.165, 1.54) is 11.1 Å². The van der Waals surface area contributed by atoms with E-state index in [2.05, 4.69) is 54.7 Å². The molecular weight excluding hydrogens is 372 g/mol. The molecule has 152 valence electrons. The Hall–Kier alpha value is -3.37. The first kappa shape index (κ1) is 19.9. The minimum atomic E-state index is -0.896. The highest BCUT2D eigenvalue weighted by molar-refractivity contribution is 5.98. The lowest BCUT2D eigenvalue weighted by atomic mass is 10.1. The number of hydrogen-bond donors (Lipinski definition) is 2. The van der Waals surface area contributed by atoms with E-state index in [0.717, 1.165) is 27.6 Å². The summed E-state index contributed by atoms with van der Waals surface area (Å²) >= 11 is 0. The van der Waals surface area contributed by atoms with E-state index >= 15 is 0 Å². The molecule has 0 aliphatic carbocycles. The van der Waals surface area contributed by atoms with E-state index in [9.17, 15) is 9.90 Å². The Morgan fingerprint density at radius 3 is 2.27 bits per heavy atom. The van der Waals surface area contributed by atoms with Gasteiger partial charge in [0.1, 0.15) is 5.69 Å². The number of rotatable bonds is 7. The molecule has 1 heterocycles. The molecular formula is C26H26N2O2. The maximum absolute atomic E-state index is 12.3. The summed E-state index contributed by atoms with van der Waals surface area (Å²) in [6.45, 7) is 5.81. The number of nitrogens with one attached hydrogen (secondary N) is 1. The van der Waals surface area contributed by atoms with Gasteiger partial charge in [-0.3, -0.25) is 0 Å². The standard InChI is InChI=1S/C26H26N2O2/c1-18-8-11-21(12-9-18)17-28-24-14-19(2)10-13-22(24)23(25(28)26(29)30)16-27-15-20-6-4-3-5-7-20/h3-14,27H,15-17H2,1-2H3,(H,29,30). The van der Waals surface area contributed by atoms with Crippen LogP contribution in [0.25, 0.3) is 10.9 Å². The highest BCUT2D eigenvalue weighted by atomic mass is 16.4. The Morgan fingerprint density at radius 1 is 0.867 bits per heavy atom. The van der Waals surface area contributed by atoms with Crippen molar-refractivity contribution >= 4 is 16.9 Å². The lowest BCUT2D eigenvalue weighted by molar-refractivity contribution is 0.0684. The van der Waals surface area contributed by atoms with E-state index in [1.54, 1.807) is 0 Å². The van der Waals surface area contributed by atoms with Gasteiger partial charge in [-0.1, -0.05) is 72.3 Å². The van der Waals surface area contributed by atoms with E-state index in [0.29, 0.717) is 25.3 Å². The third-order valence-electron chi connectivity index (χ3n) is 5.46. The van der Waals surface area contributed by atoms with Gasteiger partial charge in [0.25, 0.3) is 0 Å². The number of aryl methyl sites for hydroxylation is 2. The van der Waals surface area contributed by atoms with E-state index in [4.69, 9.17) is 0 Å². The van der Waals surface area contributed by atoms with Gasteiger partial charge in [-0.15, -0.1) is 0 Å². The quantitative estimate of drug-likeness (QED) is 0.444. The van der Waals surface area contributed by atoms with Gasteiger partial charge >= 0.3 is 5.97 Å². The van der Waals surface area contributed by atoms with Crippen LogP contribution in [0.15, 0.2) is 72.8 Å². The van der Waals surface area contributed by atoms with Crippen LogP contribution in [0.2, 0.25) is 0 Å². The highest BCUT2D eigenvalue weighted by Crippen LogP contribution is 2.29. The average molecular weight is 399 g/mol. The minimum Gasteiger partial charge on any atom is -0.477 e. The molecule has 0 amide bonds. The van der Waals surface area contributed by atoms with Crippen molar-refractivity contribution < 1.29 is 9.90 Å². The molecule has 0 aliphatic heterocycles. The normalized spacial score (nSPS) is 11.1. The Labute approximate surface area is 176 Å². The zero-order valence-corrected chi connectivity index (χ0v) is 17.4. The molecule has 2 N–H and O–H groups in total. The SMILES string of the molecule is Cc1ccc(Cn2c(C(=O)O)c(CNCc3ccccc3)c3ccc(C)cc32)cc1. The van der Waals surface area contributed by atoms with Gasteiger partial charge in [0.15, 0.2) is 0 Å². The molecule has 0 saturated heterocycles. The molecule has 30 heavy (non-hydrogen) atoms. The van der Waals surface area contributed by atoms with Crippen molar-refractivity contribution in [1.82, 2.24) is 9.88 Å². The summed E-state index contributed by atoms with van der Waals surface area (Å²) in [6.07, 6.45) is 0. The monoisotopic (exact) mass is 398 g/mol. The number of benzene rings is 3. The third kappa shape index (κ3) is 4.14. The maximum atomic E-state index is 12.3. The molecule has 3 aromatic carbocycles. The minimum absolute atomic E-state index is 0.358. The second-order valence-electron chi connectivity index (χ2n) is 7.81. The molecule has 4 heteroatoms. The second kappa shape index (κ2) is 8.56. The lowest BCUT2D eigenvalue weighted by Gasteiger charge is -2.10. The molecule has 4 rings (SSSR count). The van der Waals surface area contributed by atoms with Crippen molar-refractivity contribution in [3.05, 3.63) is 106 Å². The van der Waals surface area contributed by atoms with E-state index in [1.807, 2.05) is 41.8 Å². The number of hydrogen-bond acceptors (Lipinski definition) is 2. The average Bonchev–Trinajstić information content (AvgIpc) is 3.03. The molecule has 0 saturated carbocycles. The number of fused-ring (bicyclic) bond motifs is 1. The maximum Gasteiger partial charge on any atom is 0.352 e. The topological polar surface area (TPSA) is 54.3 Å². The predicted octanol–water partition coefficient (Wildman–Crippen LogP) is 5.29. The summed E-state index contributed by atoms with van der Waals surface area (Å²) in [4.78, 5) is 12.3. The smallest absolute Gasteiger partial charge is 0.352 e. The molecule has 1 aromatic heterocycles. The van der Waals surface area contributed by atoms with Crippen molar-refractivity contribution in [1.29, 1.82) is 0 Å². The highest BCUT2D eigenvalue weighted by Gasteiger charge is 2.22. The molecule has 4 aromatic rings. The van der Waals surface area contributed by atoms with Crippen LogP contribution in [0.5, 0.6) is 0 Å². The Kier molecular flexibility index (Phi) is 5.68. The summed E-state index contributed by atoms with van der Waals surface area (Å²) < 4.78 is 1.94. The van der Waals surface area contributed by atoms with Gasteiger partial charge in [-0.2, -0.15) is 0 Å². The van der Waals surface area contributed by atoms with Gasteiger partial charge < -0.3 is 15.0 Å². The molecule has 0 atom stereocenters. The fourth-order valence-electron chi connectivity index (χ4n) is 3.92.